The summed E-state index contributed by atoms with van der Waals surface area (Å²) in [4.78, 5) is 22.9. The van der Waals surface area contributed by atoms with Crippen molar-refractivity contribution in [1.29, 1.82) is 0 Å². The van der Waals surface area contributed by atoms with Gasteiger partial charge in [0.05, 0.1) is 13.0 Å². The lowest BCUT2D eigenvalue weighted by Crippen LogP contribution is -2.16. The van der Waals surface area contributed by atoms with Crippen LogP contribution in [0, 0.1) is 10.1 Å². The van der Waals surface area contributed by atoms with Gasteiger partial charge in [-0.05, 0) is 17.7 Å². The van der Waals surface area contributed by atoms with Crippen molar-refractivity contribution in [1.82, 2.24) is 0 Å². The minimum Gasteiger partial charge on any atom is -0.497 e. The summed E-state index contributed by atoms with van der Waals surface area (Å²) in [7, 11) is 1.53. The van der Waals surface area contributed by atoms with Crippen LogP contribution in [0.15, 0.2) is 54.6 Å². The molecule has 114 valence electrons. The zero-order valence-electron chi connectivity index (χ0n) is 12.3. The molecule has 0 amide bonds. The Morgan fingerprint density at radius 1 is 1.18 bits per heavy atom. The van der Waals surface area contributed by atoms with Gasteiger partial charge in [0.15, 0.2) is 5.78 Å². The lowest BCUT2D eigenvalue weighted by Gasteiger charge is -2.13. The van der Waals surface area contributed by atoms with Gasteiger partial charge in [-0.25, -0.2) is 0 Å². The van der Waals surface area contributed by atoms with Crippen molar-refractivity contribution in [3.63, 3.8) is 0 Å². The van der Waals surface area contributed by atoms with E-state index in [1.54, 1.807) is 24.3 Å². The highest BCUT2D eigenvalue weighted by Crippen LogP contribution is 2.23. The molecule has 0 heterocycles. The Morgan fingerprint density at radius 3 is 2.55 bits per heavy atom. The zero-order chi connectivity index (χ0) is 15.9. The highest BCUT2D eigenvalue weighted by molar-refractivity contribution is 5.96. The van der Waals surface area contributed by atoms with E-state index in [2.05, 4.69) is 0 Å². The smallest absolute Gasteiger partial charge is 0.211 e. The monoisotopic (exact) mass is 299 g/mol. The summed E-state index contributed by atoms with van der Waals surface area (Å²) < 4.78 is 5.10. The van der Waals surface area contributed by atoms with Gasteiger partial charge in [-0.3, -0.25) is 14.9 Å². The first-order valence-corrected chi connectivity index (χ1v) is 6.94. The van der Waals surface area contributed by atoms with Crippen molar-refractivity contribution in [3.05, 3.63) is 75.8 Å². The van der Waals surface area contributed by atoms with Crippen molar-refractivity contribution in [2.24, 2.45) is 0 Å². The molecule has 0 N–H and O–H groups in total. The Kier molecular flexibility index (Phi) is 5.25. The van der Waals surface area contributed by atoms with Gasteiger partial charge in [-0.2, -0.15) is 0 Å². The van der Waals surface area contributed by atoms with Crippen LogP contribution in [0.1, 0.15) is 28.3 Å². The van der Waals surface area contributed by atoms with Crippen molar-refractivity contribution in [2.45, 2.75) is 12.3 Å². The number of rotatable bonds is 7. The Bertz CT molecular complexity index is 655. The van der Waals surface area contributed by atoms with Crippen LogP contribution in [0.25, 0.3) is 0 Å². The molecule has 0 aliphatic carbocycles. The van der Waals surface area contributed by atoms with Crippen LogP contribution in [0.4, 0.5) is 0 Å². The molecule has 0 aliphatic heterocycles. The van der Waals surface area contributed by atoms with Crippen LogP contribution in [-0.2, 0) is 0 Å². The lowest BCUT2D eigenvalue weighted by molar-refractivity contribution is -0.483. The lowest BCUT2D eigenvalue weighted by atomic mass is 9.91. The molecule has 0 fully saturated rings. The second-order valence-electron chi connectivity index (χ2n) is 4.98. The van der Waals surface area contributed by atoms with E-state index in [4.69, 9.17) is 4.74 Å². The largest absolute Gasteiger partial charge is 0.497 e. The summed E-state index contributed by atoms with van der Waals surface area (Å²) in [5.41, 5.74) is 1.30. The number of hydrogen-bond donors (Lipinski definition) is 0. The predicted octanol–water partition coefficient (Wildman–Crippen LogP) is 3.33. The van der Waals surface area contributed by atoms with Crippen LogP contribution in [-0.4, -0.2) is 24.4 Å². The van der Waals surface area contributed by atoms with Gasteiger partial charge in [0.25, 0.3) is 0 Å². The number of hydrogen-bond acceptors (Lipinski definition) is 4. The fourth-order valence-electron chi connectivity index (χ4n) is 2.33. The van der Waals surface area contributed by atoms with Gasteiger partial charge in [0, 0.05) is 16.9 Å². The first-order valence-electron chi connectivity index (χ1n) is 6.94. The first-order chi connectivity index (χ1) is 10.6. The number of ether oxygens (including phenoxy) is 1. The fourth-order valence-corrected chi connectivity index (χ4v) is 2.33. The van der Waals surface area contributed by atoms with Crippen LogP contribution >= 0.6 is 0 Å². The minimum absolute atomic E-state index is 0.0954. The number of nitrogens with zero attached hydrogens (tertiary/aromatic N) is 1. The number of carbonyl (C=O) groups excluding carboxylic acids is 1. The second kappa shape index (κ2) is 7.36. The van der Waals surface area contributed by atoms with Crippen molar-refractivity contribution in [3.8, 4) is 5.75 Å². The van der Waals surface area contributed by atoms with E-state index >= 15 is 0 Å². The summed E-state index contributed by atoms with van der Waals surface area (Å²) in [6.45, 7) is -0.264. The van der Waals surface area contributed by atoms with E-state index in [1.165, 1.54) is 7.11 Å². The van der Waals surface area contributed by atoms with Crippen LogP contribution < -0.4 is 4.74 Å². The summed E-state index contributed by atoms with van der Waals surface area (Å²) in [6.07, 6.45) is 0.0954. The number of carbonyl (C=O) groups is 1. The molecule has 0 spiro atoms. The van der Waals surface area contributed by atoms with Gasteiger partial charge in [-0.15, -0.1) is 0 Å². The molecule has 2 aromatic rings. The molecule has 0 bridgehead atoms. The molecule has 2 aromatic carbocycles. The maximum absolute atomic E-state index is 12.4. The van der Waals surface area contributed by atoms with E-state index in [-0.39, 0.29) is 23.7 Å². The Hall–Kier alpha value is -2.69. The number of ketones is 1. The summed E-state index contributed by atoms with van der Waals surface area (Å²) in [5, 5.41) is 10.9. The van der Waals surface area contributed by atoms with Crippen molar-refractivity contribution < 1.29 is 14.5 Å². The summed E-state index contributed by atoms with van der Waals surface area (Å²) in [6, 6.07) is 15.9. The molecular formula is C17H17NO4. The minimum atomic E-state index is -0.435. The average Bonchev–Trinajstić information content (AvgIpc) is 2.54. The molecule has 5 heteroatoms. The van der Waals surface area contributed by atoms with Gasteiger partial charge >= 0.3 is 0 Å². The maximum Gasteiger partial charge on any atom is 0.211 e. The average molecular weight is 299 g/mol. The quantitative estimate of drug-likeness (QED) is 0.447. The van der Waals surface area contributed by atoms with E-state index < -0.39 is 5.92 Å². The topological polar surface area (TPSA) is 69.4 Å². The van der Waals surface area contributed by atoms with Crippen LogP contribution in [0.3, 0.4) is 0 Å². The molecule has 1 atom stereocenters. The van der Waals surface area contributed by atoms with E-state index in [0.717, 1.165) is 5.56 Å². The number of Topliss-reactive ketones (excluding diaryl/α,β-unsaturated/α-hetero) is 1. The molecule has 0 aromatic heterocycles. The van der Waals surface area contributed by atoms with E-state index in [0.29, 0.717) is 11.3 Å². The molecule has 5 nitrogen and oxygen atoms in total. The summed E-state index contributed by atoms with van der Waals surface area (Å²) in [5.74, 6) is 0.0286. The normalized spacial score (nSPS) is 11.7. The molecule has 0 unspecified atom stereocenters. The second-order valence-corrected chi connectivity index (χ2v) is 4.98. The number of nitro groups is 1. The summed E-state index contributed by atoms with van der Waals surface area (Å²) >= 11 is 0. The van der Waals surface area contributed by atoms with Crippen molar-refractivity contribution in [2.75, 3.05) is 13.7 Å². The molecule has 0 saturated heterocycles. The third-order valence-corrected chi connectivity index (χ3v) is 3.46. The van der Waals surface area contributed by atoms with Crippen LogP contribution in [0.5, 0.6) is 5.75 Å². The number of benzene rings is 2. The standard InChI is InChI=1S/C17H17NO4/c1-22-16-9-5-8-14(10-16)17(19)11-15(12-18(20)21)13-6-3-2-4-7-13/h2-10,15H,11-12H2,1H3/t15-/m0/s1. The molecule has 2 rings (SSSR count). The first kappa shape index (κ1) is 15.7. The predicted molar refractivity (Wildman–Crippen MR) is 83.0 cm³/mol. The van der Waals surface area contributed by atoms with Gasteiger partial charge in [0.2, 0.25) is 6.54 Å². The van der Waals surface area contributed by atoms with Gasteiger partial charge in [-0.1, -0.05) is 42.5 Å². The Balaban J connectivity index is 2.19. The number of methoxy groups -OCH3 is 1. The molecular weight excluding hydrogens is 282 g/mol. The highest BCUT2D eigenvalue weighted by Gasteiger charge is 2.22. The SMILES string of the molecule is COc1cccc(C(=O)C[C@@H](C[N+](=O)[O-])c2ccccc2)c1. The molecule has 22 heavy (non-hydrogen) atoms. The highest BCUT2D eigenvalue weighted by atomic mass is 16.6. The van der Waals surface area contributed by atoms with Crippen molar-refractivity contribution >= 4 is 5.78 Å². The van der Waals surface area contributed by atoms with E-state index in [9.17, 15) is 14.9 Å². The molecule has 0 saturated carbocycles. The zero-order valence-corrected chi connectivity index (χ0v) is 12.3. The third kappa shape index (κ3) is 4.15. The van der Waals surface area contributed by atoms with Gasteiger partial charge < -0.3 is 4.74 Å². The van der Waals surface area contributed by atoms with E-state index in [1.807, 2.05) is 30.3 Å². The van der Waals surface area contributed by atoms with Gasteiger partial charge in [0.1, 0.15) is 5.75 Å². The fraction of sp³-hybridized carbons (Fsp3) is 0.235. The Labute approximate surface area is 128 Å². The third-order valence-electron chi connectivity index (χ3n) is 3.46. The molecule has 0 radical (unpaired) electrons. The Morgan fingerprint density at radius 2 is 1.91 bits per heavy atom. The molecule has 0 aliphatic rings. The maximum atomic E-state index is 12.4. The van der Waals surface area contributed by atoms with Crippen LogP contribution in [0.2, 0.25) is 0 Å².